The lowest BCUT2D eigenvalue weighted by molar-refractivity contribution is -0.116. The van der Waals surface area contributed by atoms with Crippen LogP contribution < -0.4 is 10.8 Å². The molecule has 0 aliphatic carbocycles. The normalized spacial score (nSPS) is 10.5. The van der Waals surface area contributed by atoms with Crippen LogP contribution in [0.3, 0.4) is 0 Å². The Morgan fingerprint density at radius 1 is 0.794 bits per heavy atom. The number of nitrogens with one attached hydrogen (secondary N) is 2. The van der Waals surface area contributed by atoms with Crippen LogP contribution in [-0.2, 0) is 11.3 Å². The maximum atomic E-state index is 13.4. The zero-order valence-electron chi connectivity index (χ0n) is 19.6. The fourth-order valence-electron chi connectivity index (χ4n) is 3.68. The third-order valence-electron chi connectivity index (χ3n) is 5.39. The number of aryl methyl sites for hydroxylation is 3. The first kappa shape index (κ1) is 24.7. The molecule has 0 aromatic heterocycles. The van der Waals surface area contributed by atoms with Gasteiger partial charge < -0.3 is 10.2 Å². The number of carbonyl (C=O) groups excluding carboxylic acids is 3. The molecule has 0 saturated carbocycles. The molecule has 3 aromatic carbocycles. The number of carbonyl (C=O) groups is 3. The van der Waals surface area contributed by atoms with Gasteiger partial charge in [0.1, 0.15) is 0 Å². The van der Waals surface area contributed by atoms with E-state index in [4.69, 9.17) is 5.21 Å². The molecular weight excluding hydrogens is 430 g/mol. The molecule has 0 aliphatic rings. The number of nitrogens with zero attached hydrogens (tertiary/aromatic N) is 1. The van der Waals surface area contributed by atoms with Gasteiger partial charge in [-0.2, -0.15) is 0 Å². The molecule has 3 amide bonds. The van der Waals surface area contributed by atoms with E-state index in [0.717, 1.165) is 22.3 Å². The van der Waals surface area contributed by atoms with E-state index in [1.165, 1.54) is 0 Å². The van der Waals surface area contributed by atoms with Crippen molar-refractivity contribution < 1.29 is 19.6 Å². The minimum atomic E-state index is -0.609. The molecule has 3 rings (SSSR count). The van der Waals surface area contributed by atoms with E-state index < -0.39 is 5.91 Å². The molecule has 0 spiro atoms. The highest BCUT2D eigenvalue weighted by Gasteiger charge is 2.19. The van der Waals surface area contributed by atoms with Gasteiger partial charge in [0.2, 0.25) is 5.91 Å². The summed E-state index contributed by atoms with van der Waals surface area (Å²) in [6.07, 6.45) is 0.134. The van der Waals surface area contributed by atoms with Crippen LogP contribution in [0.5, 0.6) is 0 Å². The molecule has 34 heavy (non-hydrogen) atoms. The van der Waals surface area contributed by atoms with E-state index in [9.17, 15) is 14.4 Å². The second-order valence-electron chi connectivity index (χ2n) is 8.41. The average molecular weight is 460 g/mol. The molecule has 0 aliphatic heterocycles. The first-order chi connectivity index (χ1) is 16.2. The zero-order valence-corrected chi connectivity index (χ0v) is 19.6. The number of hydrogen-bond acceptors (Lipinski definition) is 4. The Morgan fingerprint density at radius 2 is 1.41 bits per heavy atom. The summed E-state index contributed by atoms with van der Waals surface area (Å²) in [6, 6.07) is 19.8. The van der Waals surface area contributed by atoms with Gasteiger partial charge in [0.25, 0.3) is 11.8 Å². The lowest BCUT2D eigenvalue weighted by Gasteiger charge is -2.23. The Bertz CT molecular complexity index is 1150. The van der Waals surface area contributed by atoms with Gasteiger partial charge in [0.15, 0.2) is 0 Å². The van der Waals surface area contributed by atoms with Gasteiger partial charge in [-0.25, -0.2) is 5.48 Å². The largest absolute Gasteiger partial charge is 0.334 e. The van der Waals surface area contributed by atoms with Gasteiger partial charge in [-0.1, -0.05) is 47.0 Å². The molecule has 0 saturated heterocycles. The van der Waals surface area contributed by atoms with Crippen LogP contribution in [0.15, 0.2) is 66.7 Å². The van der Waals surface area contributed by atoms with E-state index in [-0.39, 0.29) is 31.3 Å². The van der Waals surface area contributed by atoms with Gasteiger partial charge in [-0.05, 0) is 62.7 Å². The highest BCUT2D eigenvalue weighted by Crippen LogP contribution is 2.16. The van der Waals surface area contributed by atoms with Gasteiger partial charge >= 0.3 is 0 Å². The highest BCUT2D eigenvalue weighted by atomic mass is 16.5. The van der Waals surface area contributed by atoms with Gasteiger partial charge in [0.05, 0.1) is 0 Å². The van der Waals surface area contributed by atoms with E-state index in [2.05, 4.69) is 5.32 Å². The summed E-state index contributed by atoms with van der Waals surface area (Å²) in [6.45, 7) is 6.35. The Morgan fingerprint density at radius 3 is 2.00 bits per heavy atom. The fraction of sp³-hybridized carbons (Fsp3) is 0.222. The van der Waals surface area contributed by atoms with E-state index in [0.29, 0.717) is 16.8 Å². The topological polar surface area (TPSA) is 98.7 Å². The highest BCUT2D eigenvalue weighted by molar-refractivity contribution is 5.96. The Kier molecular flexibility index (Phi) is 8.16. The lowest BCUT2D eigenvalue weighted by atomic mass is 10.1. The number of hydrogen-bond donors (Lipinski definition) is 3. The first-order valence-electron chi connectivity index (χ1n) is 11.0. The van der Waals surface area contributed by atoms with Crippen molar-refractivity contribution in [1.82, 2.24) is 10.4 Å². The van der Waals surface area contributed by atoms with Gasteiger partial charge in [0, 0.05) is 36.3 Å². The molecule has 0 heterocycles. The van der Waals surface area contributed by atoms with Crippen LogP contribution in [0, 0.1) is 20.8 Å². The number of anilines is 1. The third-order valence-corrected chi connectivity index (χ3v) is 5.39. The minimum absolute atomic E-state index is 0.134. The van der Waals surface area contributed by atoms with Crippen molar-refractivity contribution in [1.29, 1.82) is 0 Å². The maximum absolute atomic E-state index is 13.4. The van der Waals surface area contributed by atoms with E-state index in [1.54, 1.807) is 34.6 Å². The molecule has 7 nitrogen and oxygen atoms in total. The van der Waals surface area contributed by atoms with Crippen molar-refractivity contribution in [3.63, 3.8) is 0 Å². The van der Waals surface area contributed by atoms with Crippen molar-refractivity contribution in [2.75, 3.05) is 11.9 Å². The predicted octanol–water partition coefficient (Wildman–Crippen LogP) is 4.40. The summed E-state index contributed by atoms with van der Waals surface area (Å²) < 4.78 is 0. The maximum Gasteiger partial charge on any atom is 0.274 e. The molecule has 0 unspecified atom stereocenters. The summed E-state index contributed by atoms with van der Waals surface area (Å²) in [7, 11) is 0. The van der Waals surface area contributed by atoms with Crippen molar-refractivity contribution in [2.24, 2.45) is 0 Å². The lowest BCUT2D eigenvalue weighted by Crippen LogP contribution is -2.33. The standard InChI is InChI=1S/C27H29N3O4/c1-18-4-10-24(11-5-18)28-25(31)12-13-30(27(33)23-15-19(2)14-20(3)16-23)17-21-6-8-22(9-7-21)26(32)29-34/h4-11,14-16,34H,12-13,17H2,1-3H3,(H,28,31)(H,29,32). The molecule has 7 heteroatoms. The Hall–Kier alpha value is -3.97. The van der Waals surface area contributed by atoms with Crippen molar-refractivity contribution in [3.8, 4) is 0 Å². The van der Waals surface area contributed by atoms with Crippen LogP contribution in [0.1, 0.15) is 49.4 Å². The van der Waals surface area contributed by atoms with E-state index >= 15 is 0 Å². The number of hydroxylamine groups is 1. The van der Waals surface area contributed by atoms with E-state index in [1.807, 2.05) is 63.2 Å². The average Bonchev–Trinajstić information content (AvgIpc) is 2.82. The number of amides is 3. The van der Waals surface area contributed by atoms with Crippen LogP contribution in [-0.4, -0.2) is 34.4 Å². The zero-order chi connectivity index (χ0) is 24.7. The molecule has 3 aromatic rings. The number of rotatable bonds is 8. The van der Waals surface area contributed by atoms with Crippen molar-refractivity contribution in [3.05, 3.63) is 100 Å². The molecule has 0 fully saturated rings. The molecule has 0 bridgehead atoms. The Labute approximate surface area is 199 Å². The predicted molar refractivity (Wildman–Crippen MR) is 131 cm³/mol. The second kappa shape index (κ2) is 11.2. The molecule has 176 valence electrons. The Balaban J connectivity index is 1.76. The smallest absolute Gasteiger partial charge is 0.274 e. The summed E-state index contributed by atoms with van der Waals surface area (Å²) in [5.41, 5.74) is 7.04. The van der Waals surface area contributed by atoms with Crippen molar-refractivity contribution in [2.45, 2.75) is 33.7 Å². The minimum Gasteiger partial charge on any atom is -0.334 e. The van der Waals surface area contributed by atoms with Crippen LogP contribution in [0.2, 0.25) is 0 Å². The van der Waals surface area contributed by atoms with Crippen LogP contribution in [0.25, 0.3) is 0 Å². The summed E-state index contributed by atoms with van der Waals surface area (Å²) >= 11 is 0. The van der Waals surface area contributed by atoms with Crippen LogP contribution >= 0.6 is 0 Å². The molecule has 0 radical (unpaired) electrons. The van der Waals surface area contributed by atoms with Gasteiger partial charge in [-0.3, -0.25) is 19.6 Å². The summed E-state index contributed by atoms with van der Waals surface area (Å²) in [5.74, 6) is -0.966. The quantitative estimate of drug-likeness (QED) is 0.343. The van der Waals surface area contributed by atoms with Gasteiger partial charge in [-0.15, -0.1) is 0 Å². The summed E-state index contributed by atoms with van der Waals surface area (Å²) in [4.78, 5) is 39.1. The second-order valence-corrected chi connectivity index (χ2v) is 8.41. The molecule has 3 N–H and O–H groups in total. The fourth-order valence-corrected chi connectivity index (χ4v) is 3.68. The molecular formula is C27H29N3O4. The molecule has 0 atom stereocenters. The SMILES string of the molecule is Cc1ccc(NC(=O)CCN(Cc2ccc(C(=O)NO)cc2)C(=O)c2cc(C)cc(C)c2)cc1. The number of benzene rings is 3. The third kappa shape index (κ3) is 6.76. The van der Waals surface area contributed by atoms with Crippen molar-refractivity contribution >= 4 is 23.4 Å². The first-order valence-corrected chi connectivity index (χ1v) is 11.0. The summed E-state index contributed by atoms with van der Waals surface area (Å²) in [5, 5.41) is 11.7. The van der Waals surface area contributed by atoms with Crippen LogP contribution in [0.4, 0.5) is 5.69 Å². The monoisotopic (exact) mass is 459 g/mol.